The van der Waals surface area contributed by atoms with Gasteiger partial charge in [-0.2, -0.15) is 13.2 Å². The summed E-state index contributed by atoms with van der Waals surface area (Å²) in [6.45, 7) is 1.18. The van der Waals surface area contributed by atoms with Crippen LogP contribution in [0, 0.1) is 0 Å². The summed E-state index contributed by atoms with van der Waals surface area (Å²) in [4.78, 5) is 1.95. The maximum Gasteiger partial charge on any atom is 0.419 e. The van der Waals surface area contributed by atoms with E-state index in [1.54, 1.807) is 24.3 Å². The molecule has 1 fully saturated rings. The largest absolute Gasteiger partial charge is 0.488 e. The molecule has 1 aromatic heterocycles. The Bertz CT molecular complexity index is 1300. The number of hydrogen-bond acceptors (Lipinski definition) is 5. The van der Waals surface area contributed by atoms with Crippen molar-refractivity contribution >= 4 is 50.2 Å². The minimum Gasteiger partial charge on any atom is -0.488 e. The predicted octanol–water partition coefficient (Wildman–Crippen LogP) is 6.62. The summed E-state index contributed by atoms with van der Waals surface area (Å²) in [5.74, 6) is -0.418. The van der Waals surface area contributed by atoms with Crippen LogP contribution in [0.25, 0.3) is 11.1 Å². The van der Waals surface area contributed by atoms with Crippen LogP contribution in [0.5, 0.6) is 5.75 Å². The topological polar surface area (TPSA) is 58.6 Å². The molecule has 0 radical (unpaired) electrons. The lowest BCUT2D eigenvalue weighted by Crippen LogP contribution is -2.23. The molecule has 182 valence electrons. The van der Waals surface area contributed by atoms with Crippen molar-refractivity contribution in [2.75, 3.05) is 24.9 Å². The highest BCUT2D eigenvalue weighted by molar-refractivity contribution is 7.94. The fourth-order valence-corrected chi connectivity index (χ4v) is 6.54. The first kappa shape index (κ1) is 25.1. The van der Waals surface area contributed by atoms with E-state index < -0.39 is 33.6 Å². The molecule has 1 N–H and O–H groups in total. The van der Waals surface area contributed by atoms with Gasteiger partial charge in [0.1, 0.15) is 20.4 Å². The summed E-state index contributed by atoms with van der Waals surface area (Å²) in [6, 6.07) is 11.1. The average molecular weight is 551 g/mol. The summed E-state index contributed by atoms with van der Waals surface area (Å²) >= 11 is 13.0. The number of nitrogens with one attached hydrogen (secondary N) is 1. The monoisotopic (exact) mass is 550 g/mol. The normalized spacial score (nSPS) is 17.2. The summed E-state index contributed by atoms with van der Waals surface area (Å²) in [6.07, 6.45) is -4.49. The zero-order valence-corrected chi connectivity index (χ0v) is 20.8. The first-order valence-electron chi connectivity index (χ1n) is 10.1. The summed E-state index contributed by atoms with van der Waals surface area (Å²) in [5, 5.41) is 0.522. The van der Waals surface area contributed by atoms with Gasteiger partial charge in [0.15, 0.2) is 0 Å². The molecule has 1 saturated heterocycles. The van der Waals surface area contributed by atoms with Crippen LogP contribution in [0.2, 0.25) is 9.36 Å². The van der Waals surface area contributed by atoms with E-state index in [-0.39, 0.29) is 14.2 Å². The Hall–Kier alpha value is -1.98. The summed E-state index contributed by atoms with van der Waals surface area (Å²) < 4.78 is 74.7. The lowest BCUT2D eigenvalue weighted by Gasteiger charge is -2.19. The van der Waals surface area contributed by atoms with E-state index in [0.717, 1.165) is 29.5 Å². The lowest BCUT2D eigenvalue weighted by molar-refractivity contribution is -0.139. The second kappa shape index (κ2) is 9.58. The molecule has 34 heavy (non-hydrogen) atoms. The van der Waals surface area contributed by atoms with Crippen molar-refractivity contribution in [3.8, 4) is 16.9 Å². The standard InChI is InChI=1S/C22H19Cl2F3N2O3S2/c1-29-9-8-16(12-29)32-19-10-15(6-7-18(19)22(25,26)27)28-34(30,31)20-11-17(21(24)33-20)13-2-4-14(23)5-3-13/h2-7,10-11,16,28H,8-9,12H2,1H3/t16-/m1/s1. The Morgan fingerprint density at radius 3 is 2.44 bits per heavy atom. The minimum absolute atomic E-state index is 0.0492. The van der Waals surface area contributed by atoms with E-state index in [4.69, 9.17) is 27.9 Å². The van der Waals surface area contributed by atoms with E-state index in [0.29, 0.717) is 35.7 Å². The molecule has 0 unspecified atom stereocenters. The molecule has 0 bridgehead atoms. The van der Waals surface area contributed by atoms with Gasteiger partial charge in [-0.05, 0) is 49.4 Å². The van der Waals surface area contributed by atoms with Gasteiger partial charge in [0.25, 0.3) is 10.0 Å². The van der Waals surface area contributed by atoms with Gasteiger partial charge in [0.2, 0.25) is 0 Å². The molecule has 2 heterocycles. The first-order valence-corrected chi connectivity index (χ1v) is 13.1. The Morgan fingerprint density at radius 1 is 1.12 bits per heavy atom. The maximum absolute atomic E-state index is 13.5. The van der Waals surface area contributed by atoms with Gasteiger partial charge in [-0.25, -0.2) is 8.42 Å². The van der Waals surface area contributed by atoms with Gasteiger partial charge in [0, 0.05) is 29.7 Å². The lowest BCUT2D eigenvalue weighted by atomic mass is 10.1. The quantitative estimate of drug-likeness (QED) is 0.374. The van der Waals surface area contributed by atoms with Crippen LogP contribution in [-0.4, -0.2) is 39.6 Å². The Balaban J connectivity index is 1.62. The van der Waals surface area contributed by atoms with Crippen molar-refractivity contribution in [1.82, 2.24) is 4.90 Å². The van der Waals surface area contributed by atoms with Crippen LogP contribution >= 0.6 is 34.5 Å². The zero-order chi connectivity index (χ0) is 24.7. The van der Waals surface area contributed by atoms with Crippen molar-refractivity contribution in [3.05, 3.63) is 63.5 Å². The molecule has 0 aliphatic carbocycles. The first-order chi connectivity index (χ1) is 15.9. The number of thiophene rings is 1. The van der Waals surface area contributed by atoms with Crippen molar-refractivity contribution < 1.29 is 26.3 Å². The molecular weight excluding hydrogens is 532 g/mol. The number of alkyl halides is 3. The van der Waals surface area contributed by atoms with Crippen LogP contribution in [0.4, 0.5) is 18.9 Å². The Labute approximate surface area is 209 Å². The highest BCUT2D eigenvalue weighted by atomic mass is 35.5. The predicted molar refractivity (Wildman–Crippen MR) is 129 cm³/mol. The van der Waals surface area contributed by atoms with Gasteiger partial charge < -0.3 is 9.64 Å². The molecule has 5 nitrogen and oxygen atoms in total. The van der Waals surface area contributed by atoms with Crippen LogP contribution < -0.4 is 9.46 Å². The molecule has 1 aliphatic rings. The van der Waals surface area contributed by atoms with E-state index >= 15 is 0 Å². The van der Waals surface area contributed by atoms with Gasteiger partial charge in [-0.3, -0.25) is 4.72 Å². The van der Waals surface area contributed by atoms with E-state index in [2.05, 4.69) is 4.72 Å². The number of nitrogens with zero attached hydrogens (tertiary/aromatic N) is 1. The van der Waals surface area contributed by atoms with Crippen LogP contribution in [0.3, 0.4) is 0 Å². The molecular formula is C22H19Cl2F3N2O3S2. The number of halogens is 5. The molecule has 3 aromatic rings. The van der Waals surface area contributed by atoms with Gasteiger partial charge >= 0.3 is 6.18 Å². The fraction of sp³-hybridized carbons (Fsp3) is 0.273. The SMILES string of the molecule is CN1CC[C@@H](Oc2cc(NS(=O)(=O)c3cc(-c4ccc(Cl)cc4)c(Cl)s3)ccc2C(F)(F)F)C1. The fourth-order valence-electron chi connectivity index (χ4n) is 3.60. The van der Waals surface area contributed by atoms with Crippen LogP contribution in [-0.2, 0) is 16.2 Å². The minimum atomic E-state index is -4.65. The third-order valence-corrected chi connectivity index (χ3v) is 8.73. The molecule has 4 rings (SSSR count). The van der Waals surface area contributed by atoms with Crippen molar-refractivity contribution in [1.29, 1.82) is 0 Å². The number of sulfonamides is 1. The summed E-state index contributed by atoms with van der Waals surface area (Å²) in [5.41, 5.74) is 0.172. The van der Waals surface area contributed by atoms with Crippen LogP contribution in [0.15, 0.2) is 52.7 Å². The van der Waals surface area contributed by atoms with E-state index in [9.17, 15) is 21.6 Å². The molecule has 1 aliphatic heterocycles. The summed E-state index contributed by atoms with van der Waals surface area (Å²) in [7, 11) is -2.27. The smallest absolute Gasteiger partial charge is 0.419 e. The van der Waals surface area contributed by atoms with Crippen molar-refractivity contribution in [2.24, 2.45) is 0 Å². The average Bonchev–Trinajstić information content (AvgIpc) is 3.33. The zero-order valence-electron chi connectivity index (χ0n) is 17.7. The van der Waals surface area contributed by atoms with E-state index in [1.807, 2.05) is 11.9 Å². The highest BCUT2D eigenvalue weighted by Gasteiger charge is 2.36. The number of rotatable bonds is 6. The number of likely N-dealkylation sites (N-methyl/N-ethyl adjacent to an activating group) is 1. The third-order valence-electron chi connectivity index (χ3n) is 5.27. The molecule has 2 aromatic carbocycles. The van der Waals surface area contributed by atoms with Gasteiger partial charge in [0.05, 0.1) is 11.3 Å². The molecule has 0 spiro atoms. The second-order valence-corrected chi connectivity index (χ2v) is 11.9. The molecule has 12 heteroatoms. The Kier molecular flexibility index (Phi) is 7.08. The highest BCUT2D eigenvalue weighted by Crippen LogP contribution is 2.41. The Morgan fingerprint density at radius 2 is 1.82 bits per heavy atom. The molecule has 1 atom stereocenters. The van der Waals surface area contributed by atoms with Crippen LogP contribution in [0.1, 0.15) is 12.0 Å². The van der Waals surface area contributed by atoms with Crippen molar-refractivity contribution in [2.45, 2.75) is 22.9 Å². The maximum atomic E-state index is 13.5. The number of anilines is 1. The number of hydrogen-bond donors (Lipinski definition) is 1. The number of likely N-dealkylation sites (tertiary alicyclic amines) is 1. The molecule has 0 saturated carbocycles. The number of benzene rings is 2. The third kappa shape index (κ3) is 5.63. The second-order valence-electron chi connectivity index (χ2n) is 7.86. The van der Waals surface area contributed by atoms with Crippen molar-refractivity contribution in [3.63, 3.8) is 0 Å². The van der Waals surface area contributed by atoms with Gasteiger partial charge in [-0.1, -0.05) is 35.3 Å². The van der Waals surface area contributed by atoms with E-state index in [1.165, 1.54) is 6.07 Å². The molecule has 0 amide bonds. The van der Waals surface area contributed by atoms with Gasteiger partial charge in [-0.15, -0.1) is 11.3 Å². The number of ether oxygens (including phenoxy) is 1.